The van der Waals surface area contributed by atoms with Crippen LogP contribution in [-0.2, 0) is 0 Å². The third-order valence-electron chi connectivity index (χ3n) is 5.57. The van der Waals surface area contributed by atoms with Gasteiger partial charge in [-0.05, 0) is 62.4 Å². The maximum Gasteiger partial charge on any atom is 0.0108 e. The van der Waals surface area contributed by atoms with Gasteiger partial charge in [-0.2, -0.15) is 0 Å². The number of rotatable bonds is 6. The molecule has 2 aliphatic rings. The number of nitrogens with zero attached hydrogens (tertiary/aromatic N) is 1. The van der Waals surface area contributed by atoms with Crippen molar-refractivity contribution >= 4 is 0 Å². The van der Waals surface area contributed by atoms with Crippen LogP contribution in [0, 0.1) is 17.3 Å². The van der Waals surface area contributed by atoms with Gasteiger partial charge in [0.2, 0.25) is 0 Å². The van der Waals surface area contributed by atoms with Crippen molar-refractivity contribution in [3.8, 4) is 0 Å². The van der Waals surface area contributed by atoms with Crippen LogP contribution in [0.25, 0.3) is 0 Å². The highest BCUT2D eigenvalue weighted by Gasteiger charge is 2.34. The average Bonchev–Trinajstić information content (AvgIpc) is 2.76. The van der Waals surface area contributed by atoms with Gasteiger partial charge in [0.1, 0.15) is 0 Å². The van der Waals surface area contributed by atoms with Crippen LogP contribution in [0.3, 0.4) is 0 Å². The molecule has 0 aromatic heterocycles. The van der Waals surface area contributed by atoms with Crippen molar-refractivity contribution < 1.29 is 0 Å². The largest absolute Gasteiger partial charge is 0.314 e. The molecule has 0 spiro atoms. The molecule has 0 aromatic carbocycles. The fraction of sp³-hybridized carbons (Fsp3) is 1.00. The van der Waals surface area contributed by atoms with E-state index in [-0.39, 0.29) is 0 Å². The van der Waals surface area contributed by atoms with Gasteiger partial charge in [0.05, 0.1) is 0 Å². The summed E-state index contributed by atoms with van der Waals surface area (Å²) in [6.45, 7) is 14.7. The van der Waals surface area contributed by atoms with Crippen molar-refractivity contribution in [3.63, 3.8) is 0 Å². The van der Waals surface area contributed by atoms with E-state index in [0.29, 0.717) is 5.41 Å². The van der Waals surface area contributed by atoms with Crippen molar-refractivity contribution in [1.29, 1.82) is 0 Å². The molecule has 118 valence electrons. The van der Waals surface area contributed by atoms with Gasteiger partial charge in [0.15, 0.2) is 0 Å². The molecule has 2 heteroatoms. The molecular formula is C18H36N2. The highest BCUT2D eigenvalue weighted by molar-refractivity contribution is 4.90. The summed E-state index contributed by atoms with van der Waals surface area (Å²) >= 11 is 0. The number of likely N-dealkylation sites (tertiary alicyclic amines) is 1. The van der Waals surface area contributed by atoms with Gasteiger partial charge in [-0.1, -0.05) is 34.1 Å². The molecular weight excluding hydrogens is 244 g/mol. The Bertz CT molecular complexity index is 287. The fourth-order valence-electron chi connectivity index (χ4n) is 4.24. The minimum Gasteiger partial charge on any atom is -0.314 e. The second-order valence-corrected chi connectivity index (χ2v) is 8.06. The zero-order valence-corrected chi connectivity index (χ0v) is 14.3. The van der Waals surface area contributed by atoms with E-state index in [0.717, 1.165) is 17.9 Å². The summed E-state index contributed by atoms with van der Waals surface area (Å²) < 4.78 is 0. The third kappa shape index (κ3) is 4.46. The zero-order chi connectivity index (χ0) is 14.6. The van der Waals surface area contributed by atoms with Crippen LogP contribution in [-0.4, -0.2) is 37.1 Å². The van der Waals surface area contributed by atoms with Crippen LogP contribution >= 0.6 is 0 Å². The van der Waals surface area contributed by atoms with Gasteiger partial charge in [-0.15, -0.1) is 0 Å². The Balaban J connectivity index is 1.89. The lowest BCUT2D eigenvalue weighted by Gasteiger charge is -2.38. The van der Waals surface area contributed by atoms with E-state index in [1.54, 1.807) is 0 Å². The van der Waals surface area contributed by atoms with E-state index in [1.165, 1.54) is 64.7 Å². The molecule has 1 N–H and O–H groups in total. The Morgan fingerprint density at radius 3 is 2.60 bits per heavy atom. The van der Waals surface area contributed by atoms with Crippen LogP contribution in [0.2, 0.25) is 0 Å². The van der Waals surface area contributed by atoms with Gasteiger partial charge < -0.3 is 10.2 Å². The molecule has 0 bridgehead atoms. The number of hydrogen-bond donors (Lipinski definition) is 1. The monoisotopic (exact) mass is 280 g/mol. The first-order valence-corrected chi connectivity index (χ1v) is 9.00. The summed E-state index contributed by atoms with van der Waals surface area (Å²) in [7, 11) is 0. The Kier molecular flexibility index (Phi) is 5.92. The second kappa shape index (κ2) is 7.26. The van der Waals surface area contributed by atoms with E-state index in [4.69, 9.17) is 0 Å². The van der Waals surface area contributed by atoms with Crippen LogP contribution < -0.4 is 5.32 Å². The van der Waals surface area contributed by atoms with E-state index in [1.807, 2.05) is 0 Å². The summed E-state index contributed by atoms with van der Waals surface area (Å²) in [5.74, 6) is 1.87. The Hall–Kier alpha value is -0.0800. The fourth-order valence-corrected chi connectivity index (χ4v) is 4.24. The van der Waals surface area contributed by atoms with E-state index >= 15 is 0 Å². The number of hydrogen-bond acceptors (Lipinski definition) is 2. The van der Waals surface area contributed by atoms with E-state index in [2.05, 4.69) is 37.9 Å². The molecule has 1 aliphatic heterocycles. The first-order valence-electron chi connectivity index (χ1n) is 9.00. The maximum absolute atomic E-state index is 3.83. The maximum atomic E-state index is 3.83. The van der Waals surface area contributed by atoms with Gasteiger partial charge in [0, 0.05) is 19.1 Å². The van der Waals surface area contributed by atoms with Crippen LogP contribution in [0.5, 0.6) is 0 Å². The zero-order valence-electron chi connectivity index (χ0n) is 14.3. The second-order valence-electron chi connectivity index (χ2n) is 8.06. The van der Waals surface area contributed by atoms with Gasteiger partial charge in [-0.3, -0.25) is 0 Å². The molecule has 0 radical (unpaired) electrons. The van der Waals surface area contributed by atoms with Gasteiger partial charge in [0.25, 0.3) is 0 Å². The molecule has 3 unspecified atom stereocenters. The average molecular weight is 280 g/mol. The predicted molar refractivity (Wildman–Crippen MR) is 88.0 cm³/mol. The lowest BCUT2D eigenvalue weighted by molar-refractivity contribution is 0.145. The Labute approximate surface area is 126 Å². The highest BCUT2D eigenvalue weighted by Crippen LogP contribution is 2.35. The minimum absolute atomic E-state index is 0.547. The van der Waals surface area contributed by atoms with Crippen molar-refractivity contribution in [2.75, 3.05) is 26.2 Å². The van der Waals surface area contributed by atoms with E-state index in [9.17, 15) is 0 Å². The molecule has 2 rings (SSSR count). The van der Waals surface area contributed by atoms with Gasteiger partial charge >= 0.3 is 0 Å². The first-order chi connectivity index (χ1) is 9.54. The SMILES string of the molecule is CCCNC1CCC(CC)CC1CN1CCC(C)(C)C1. The molecule has 3 atom stereocenters. The summed E-state index contributed by atoms with van der Waals surface area (Å²) in [6, 6.07) is 0.779. The minimum atomic E-state index is 0.547. The number of nitrogens with one attached hydrogen (secondary N) is 1. The summed E-state index contributed by atoms with van der Waals surface area (Å²) in [5, 5.41) is 3.83. The molecule has 2 nitrogen and oxygen atoms in total. The molecule has 1 aliphatic carbocycles. The van der Waals surface area contributed by atoms with Crippen molar-refractivity contribution in [2.45, 2.75) is 72.3 Å². The standard InChI is InChI=1S/C18H36N2/c1-5-10-19-17-8-7-15(6-2)12-16(17)13-20-11-9-18(3,4)14-20/h15-17,19H,5-14H2,1-4H3. The first kappa shape index (κ1) is 16.3. The topological polar surface area (TPSA) is 15.3 Å². The predicted octanol–water partition coefficient (Wildman–Crippen LogP) is 3.91. The van der Waals surface area contributed by atoms with Crippen molar-refractivity contribution in [2.24, 2.45) is 17.3 Å². The van der Waals surface area contributed by atoms with Crippen molar-refractivity contribution in [3.05, 3.63) is 0 Å². The molecule has 20 heavy (non-hydrogen) atoms. The molecule has 0 amide bonds. The normalized spacial score (nSPS) is 34.5. The molecule has 1 saturated heterocycles. The smallest absolute Gasteiger partial charge is 0.0108 e. The van der Waals surface area contributed by atoms with Crippen LogP contribution in [0.4, 0.5) is 0 Å². The van der Waals surface area contributed by atoms with Crippen LogP contribution in [0.1, 0.15) is 66.2 Å². The van der Waals surface area contributed by atoms with E-state index < -0.39 is 0 Å². The van der Waals surface area contributed by atoms with Gasteiger partial charge in [-0.25, -0.2) is 0 Å². The Morgan fingerprint density at radius 1 is 1.20 bits per heavy atom. The third-order valence-corrected chi connectivity index (χ3v) is 5.57. The summed E-state index contributed by atoms with van der Waals surface area (Å²) in [5.41, 5.74) is 0.547. The quantitative estimate of drug-likeness (QED) is 0.793. The molecule has 1 saturated carbocycles. The Morgan fingerprint density at radius 2 is 2.00 bits per heavy atom. The molecule has 1 heterocycles. The molecule has 0 aromatic rings. The highest BCUT2D eigenvalue weighted by atomic mass is 15.2. The summed E-state index contributed by atoms with van der Waals surface area (Å²) in [4.78, 5) is 2.74. The summed E-state index contributed by atoms with van der Waals surface area (Å²) in [6.07, 6.45) is 8.32. The van der Waals surface area contributed by atoms with Crippen molar-refractivity contribution in [1.82, 2.24) is 10.2 Å². The van der Waals surface area contributed by atoms with Crippen LogP contribution in [0.15, 0.2) is 0 Å². The lowest BCUT2D eigenvalue weighted by atomic mass is 9.76. The molecule has 2 fully saturated rings. The lowest BCUT2D eigenvalue weighted by Crippen LogP contribution is -2.46.